The van der Waals surface area contributed by atoms with E-state index in [-0.39, 0.29) is 17.2 Å². The van der Waals surface area contributed by atoms with E-state index in [0.29, 0.717) is 12.5 Å². The fourth-order valence-electron chi connectivity index (χ4n) is 2.79. The molecule has 0 saturated heterocycles. The summed E-state index contributed by atoms with van der Waals surface area (Å²) in [6.45, 7) is 7.91. The van der Waals surface area contributed by atoms with E-state index in [1.807, 2.05) is 0 Å². The van der Waals surface area contributed by atoms with Crippen LogP contribution in [0.2, 0.25) is 0 Å². The molecule has 130 valence electrons. The van der Waals surface area contributed by atoms with Gasteiger partial charge in [0, 0.05) is 12.8 Å². The van der Waals surface area contributed by atoms with Crippen molar-refractivity contribution in [3.63, 3.8) is 0 Å². The van der Waals surface area contributed by atoms with Crippen LogP contribution in [0.3, 0.4) is 0 Å². The van der Waals surface area contributed by atoms with Crippen LogP contribution in [0.15, 0.2) is 4.42 Å². The van der Waals surface area contributed by atoms with Crippen molar-refractivity contribution >= 4 is 15.7 Å². The molecule has 1 aliphatic carbocycles. The highest BCUT2D eigenvalue weighted by Crippen LogP contribution is 2.42. The molecule has 2 rings (SSSR count). The summed E-state index contributed by atoms with van der Waals surface area (Å²) in [4.78, 5) is 12.1. The largest absolute Gasteiger partial charge is 0.415 e. The maximum absolute atomic E-state index is 12.1. The lowest BCUT2D eigenvalue weighted by atomic mass is 9.82. The fourth-order valence-corrected chi connectivity index (χ4v) is 3.19. The van der Waals surface area contributed by atoms with Gasteiger partial charge in [-0.2, -0.15) is 0 Å². The first-order valence-electron chi connectivity index (χ1n) is 7.77. The lowest BCUT2D eigenvalue weighted by Crippen LogP contribution is -2.33. The SMILES string of the molecule is CC1(C)CCCC1CNC(=O)c1nnc(C(C)(C)S(C)(=O)=O)o1. The first-order valence-corrected chi connectivity index (χ1v) is 9.66. The van der Waals surface area contributed by atoms with Gasteiger partial charge in [0.2, 0.25) is 5.89 Å². The van der Waals surface area contributed by atoms with Crippen LogP contribution in [0.25, 0.3) is 0 Å². The van der Waals surface area contributed by atoms with Crippen molar-refractivity contribution in [2.45, 2.75) is 51.7 Å². The van der Waals surface area contributed by atoms with Crippen LogP contribution in [0.1, 0.15) is 63.5 Å². The van der Waals surface area contributed by atoms with E-state index in [4.69, 9.17) is 4.42 Å². The van der Waals surface area contributed by atoms with Crippen molar-refractivity contribution in [1.29, 1.82) is 0 Å². The Labute approximate surface area is 137 Å². The summed E-state index contributed by atoms with van der Waals surface area (Å²) in [5, 5.41) is 10.2. The molecule has 8 heteroatoms. The number of rotatable bonds is 5. The minimum Gasteiger partial charge on any atom is -0.415 e. The second-order valence-corrected chi connectivity index (χ2v) is 10.0. The third kappa shape index (κ3) is 3.57. The van der Waals surface area contributed by atoms with Gasteiger partial charge in [-0.1, -0.05) is 20.3 Å². The second kappa shape index (κ2) is 5.89. The second-order valence-electron chi connectivity index (χ2n) is 7.48. The molecule has 1 aliphatic rings. The zero-order valence-corrected chi connectivity index (χ0v) is 15.2. The third-order valence-electron chi connectivity index (χ3n) is 5.05. The quantitative estimate of drug-likeness (QED) is 0.876. The van der Waals surface area contributed by atoms with Crippen LogP contribution in [-0.4, -0.2) is 37.3 Å². The highest BCUT2D eigenvalue weighted by molar-refractivity contribution is 7.91. The van der Waals surface area contributed by atoms with Crippen molar-refractivity contribution in [3.05, 3.63) is 11.8 Å². The standard InChI is InChI=1S/C15H25N3O4S/c1-14(2)8-6-7-10(14)9-16-11(19)12-17-18-13(22-12)15(3,4)23(5,20)21/h10H,6-9H2,1-5H3,(H,16,19). The Hall–Kier alpha value is -1.44. The number of aromatic nitrogens is 2. The van der Waals surface area contributed by atoms with Gasteiger partial charge in [0.25, 0.3) is 0 Å². The molecule has 1 unspecified atom stereocenters. The summed E-state index contributed by atoms with van der Waals surface area (Å²) < 4.78 is 27.5. The van der Waals surface area contributed by atoms with E-state index < -0.39 is 20.5 Å². The molecule has 1 heterocycles. The average molecular weight is 343 g/mol. The Morgan fingerprint density at radius 3 is 2.57 bits per heavy atom. The molecule has 0 spiro atoms. The molecule has 0 aliphatic heterocycles. The third-order valence-corrected chi connectivity index (χ3v) is 7.08. The van der Waals surface area contributed by atoms with Crippen LogP contribution in [-0.2, 0) is 14.6 Å². The first-order chi connectivity index (χ1) is 10.4. The molecule has 0 aromatic carbocycles. The average Bonchev–Trinajstić information content (AvgIpc) is 3.01. The molecular weight excluding hydrogens is 318 g/mol. The molecular formula is C15H25N3O4S. The Bertz CT molecular complexity index is 691. The number of sulfone groups is 1. The zero-order chi connectivity index (χ0) is 17.5. The van der Waals surface area contributed by atoms with Crippen molar-refractivity contribution in [2.75, 3.05) is 12.8 Å². The van der Waals surface area contributed by atoms with E-state index in [9.17, 15) is 13.2 Å². The predicted molar refractivity (Wildman–Crippen MR) is 85.6 cm³/mol. The van der Waals surface area contributed by atoms with Crippen LogP contribution in [0.5, 0.6) is 0 Å². The Kier molecular flexibility index (Phi) is 4.58. The van der Waals surface area contributed by atoms with Gasteiger partial charge in [0.05, 0.1) is 0 Å². The van der Waals surface area contributed by atoms with Crippen LogP contribution < -0.4 is 5.32 Å². The minimum absolute atomic E-state index is 0.0775. The summed E-state index contributed by atoms with van der Waals surface area (Å²) in [7, 11) is -3.44. The molecule has 1 fully saturated rings. The molecule has 23 heavy (non-hydrogen) atoms. The van der Waals surface area contributed by atoms with Gasteiger partial charge in [-0.25, -0.2) is 8.42 Å². The fraction of sp³-hybridized carbons (Fsp3) is 0.800. The topological polar surface area (TPSA) is 102 Å². The van der Waals surface area contributed by atoms with Gasteiger partial charge in [-0.15, -0.1) is 10.2 Å². The van der Waals surface area contributed by atoms with Gasteiger partial charge in [0.15, 0.2) is 9.84 Å². The molecule has 0 radical (unpaired) electrons. The summed E-state index contributed by atoms with van der Waals surface area (Å²) in [5.41, 5.74) is 0.214. The Morgan fingerprint density at radius 1 is 1.39 bits per heavy atom. The van der Waals surface area contributed by atoms with Gasteiger partial charge in [-0.05, 0) is 38.0 Å². The van der Waals surface area contributed by atoms with E-state index >= 15 is 0 Å². The maximum atomic E-state index is 12.1. The van der Waals surface area contributed by atoms with Crippen molar-refractivity contribution < 1.29 is 17.6 Å². The van der Waals surface area contributed by atoms with Crippen molar-refractivity contribution in [2.24, 2.45) is 11.3 Å². The van der Waals surface area contributed by atoms with Crippen molar-refractivity contribution in [3.8, 4) is 0 Å². The number of hydrogen-bond donors (Lipinski definition) is 1. The Morgan fingerprint density at radius 2 is 2.04 bits per heavy atom. The van der Waals surface area contributed by atoms with Gasteiger partial charge >= 0.3 is 11.8 Å². The van der Waals surface area contributed by atoms with E-state index in [2.05, 4.69) is 29.4 Å². The van der Waals surface area contributed by atoms with Crippen LogP contribution in [0.4, 0.5) is 0 Å². The monoisotopic (exact) mass is 343 g/mol. The zero-order valence-electron chi connectivity index (χ0n) is 14.3. The van der Waals surface area contributed by atoms with Gasteiger partial charge < -0.3 is 9.73 Å². The van der Waals surface area contributed by atoms with E-state index in [1.165, 1.54) is 20.3 Å². The van der Waals surface area contributed by atoms with Crippen molar-refractivity contribution in [1.82, 2.24) is 15.5 Å². The van der Waals surface area contributed by atoms with E-state index in [1.54, 1.807) is 0 Å². The molecule has 1 N–H and O–H groups in total. The maximum Gasteiger partial charge on any atom is 0.308 e. The molecule has 1 amide bonds. The highest BCUT2D eigenvalue weighted by Gasteiger charge is 2.39. The highest BCUT2D eigenvalue weighted by atomic mass is 32.2. The summed E-state index contributed by atoms with van der Waals surface area (Å²) in [6, 6.07) is 0. The van der Waals surface area contributed by atoms with Gasteiger partial charge in [0.1, 0.15) is 4.75 Å². The molecule has 1 aromatic heterocycles. The minimum atomic E-state index is -3.44. The molecule has 1 atom stereocenters. The smallest absolute Gasteiger partial charge is 0.308 e. The van der Waals surface area contributed by atoms with Gasteiger partial charge in [-0.3, -0.25) is 4.79 Å². The van der Waals surface area contributed by atoms with E-state index in [0.717, 1.165) is 19.1 Å². The summed E-state index contributed by atoms with van der Waals surface area (Å²) >= 11 is 0. The lowest BCUT2D eigenvalue weighted by molar-refractivity contribution is 0.0899. The number of nitrogens with zero attached hydrogens (tertiary/aromatic N) is 2. The lowest BCUT2D eigenvalue weighted by Gasteiger charge is -2.26. The summed E-state index contributed by atoms with van der Waals surface area (Å²) in [5.74, 6) is -0.323. The number of carbonyl (C=O) groups excluding carboxylic acids is 1. The number of amides is 1. The molecule has 0 bridgehead atoms. The summed E-state index contributed by atoms with van der Waals surface area (Å²) in [6.07, 6.45) is 4.50. The first kappa shape index (κ1) is 17.9. The number of carbonyl (C=O) groups is 1. The number of nitrogens with one attached hydrogen (secondary N) is 1. The molecule has 7 nitrogen and oxygen atoms in total. The van der Waals surface area contributed by atoms with Crippen LogP contribution >= 0.6 is 0 Å². The molecule has 1 aromatic rings. The molecule has 1 saturated carbocycles. The number of hydrogen-bond acceptors (Lipinski definition) is 6. The predicted octanol–water partition coefficient (Wildman–Crippen LogP) is 1.91. The van der Waals surface area contributed by atoms with Crippen LogP contribution in [0, 0.1) is 11.3 Å². The Balaban J connectivity index is 2.05. The normalized spacial score (nSPS) is 21.3.